The number of aromatic amines is 1. The van der Waals surface area contributed by atoms with Crippen LogP contribution in [0.1, 0.15) is 45.3 Å². The van der Waals surface area contributed by atoms with Crippen molar-refractivity contribution in [2.45, 2.75) is 19.9 Å². The number of hydrogen-bond acceptors (Lipinski definition) is 5. The van der Waals surface area contributed by atoms with Crippen LogP contribution in [0, 0.1) is 6.92 Å². The molecule has 0 aliphatic rings. The fourth-order valence-electron chi connectivity index (χ4n) is 2.31. The van der Waals surface area contributed by atoms with Gasteiger partial charge in [0, 0.05) is 11.3 Å². The van der Waals surface area contributed by atoms with E-state index in [0.717, 1.165) is 5.56 Å². The zero-order valence-electron chi connectivity index (χ0n) is 13.7. The molecular formula is C17H17N5O3. The molecule has 2 amide bonds. The van der Waals surface area contributed by atoms with E-state index in [-0.39, 0.29) is 23.6 Å². The smallest absolute Gasteiger partial charge is 0.291 e. The van der Waals surface area contributed by atoms with Gasteiger partial charge in [0.2, 0.25) is 0 Å². The van der Waals surface area contributed by atoms with Crippen LogP contribution in [0.4, 0.5) is 5.69 Å². The van der Waals surface area contributed by atoms with Crippen molar-refractivity contribution in [2.75, 3.05) is 5.32 Å². The number of furan rings is 1. The minimum atomic E-state index is -0.343. The van der Waals surface area contributed by atoms with Gasteiger partial charge in [-0.15, -0.1) is 0 Å². The van der Waals surface area contributed by atoms with Crippen LogP contribution in [0.3, 0.4) is 0 Å². The maximum Gasteiger partial charge on any atom is 0.291 e. The number of hydrogen-bond donors (Lipinski definition) is 3. The highest BCUT2D eigenvalue weighted by Crippen LogP contribution is 2.18. The second-order valence-electron chi connectivity index (χ2n) is 5.53. The Hall–Kier alpha value is -3.42. The van der Waals surface area contributed by atoms with Crippen molar-refractivity contribution in [3.05, 3.63) is 65.6 Å². The SMILES string of the molecule is Cc1cc(C(=O)NC(C)c2ncn[nH]2)ccc1NC(=O)c1ccco1. The number of carbonyl (C=O) groups excluding carboxylic acids is 2. The predicted octanol–water partition coefficient (Wildman–Crippen LogP) is 2.45. The normalized spacial score (nSPS) is 11.8. The third-order valence-corrected chi connectivity index (χ3v) is 3.67. The van der Waals surface area contributed by atoms with Gasteiger partial charge in [0.1, 0.15) is 12.2 Å². The Balaban J connectivity index is 1.68. The van der Waals surface area contributed by atoms with Gasteiger partial charge < -0.3 is 15.1 Å². The van der Waals surface area contributed by atoms with Gasteiger partial charge in [-0.2, -0.15) is 5.10 Å². The Morgan fingerprint density at radius 1 is 1.24 bits per heavy atom. The molecular weight excluding hydrogens is 322 g/mol. The molecule has 0 saturated carbocycles. The van der Waals surface area contributed by atoms with E-state index >= 15 is 0 Å². The number of rotatable bonds is 5. The molecule has 2 heterocycles. The van der Waals surface area contributed by atoms with Crippen molar-refractivity contribution in [1.82, 2.24) is 20.5 Å². The van der Waals surface area contributed by atoms with E-state index in [1.807, 2.05) is 13.8 Å². The molecule has 0 aliphatic heterocycles. The third-order valence-electron chi connectivity index (χ3n) is 3.67. The van der Waals surface area contributed by atoms with E-state index < -0.39 is 0 Å². The topological polar surface area (TPSA) is 113 Å². The molecule has 1 atom stereocenters. The average Bonchev–Trinajstić information content (AvgIpc) is 3.30. The van der Waals surface area contributed by atoms with Gasteiger partial charge in [-0.25, -0.2) is 4.98 Å². The number of aryl methyl sites for hydroxylation is 1. The van der Waals surface area contributed by atoms with Gasteiger partial charge in [0.25, 0.3) is 11.8 Å². The van der Waals surface area contributed by atoms with Crippen molar-refractivity contribution in [3.63, 3.8) is 0 Å². The van der Waals surface area contributed by atoms with Crippen LogP contribution in [0.25, 0.3) is 0 Å². The number of carbonyl (C=O) groups is 2. The molecule has 25 heavy (non-hydrogen) atoms. The first kappa shape index (κ1) is 16.4. The molecule has 3 rings (SSSR count). The maximum atomic E-state index is 12.3. The number of amides is 2. The number of nitrogens with zero attached hydrogens (tertiary/aromatic N) is 2. The third kappa shape index (κ3) is 3.74. The lowest BCUT2D eigenvalue weighted by Crippen LogP contribution is -2.27. The van der Waals surface area contributed by atoms with E-state index in [9.17, 15) is 9.59 Å². The lowest BCUT2D eigenvalue weighted by Gasteiger charge is -2.13. The van der Waals surface area contributed by atoms with Crippen molar-refractivity contribution in [1.29, 1.82) is 0 Å². The zero-order valence-corrected chi connectivity index (χ0v) is 13.7. The summed E-state index contributed by atoms with van der Waals surface area (Å²) in [4.78, 5) is 28.4. The first-order valence-electron chi connectivity index (χ1n) is 7.66. The summed E-state index contributed by atoms with van der Waals surface area (Å²) in [6.45, 7) is 3.62. The molecule has 1 unspecified atom stereocenters. The molecule has 0 fully saturated rings. The molecule has 0 saturated heterocycles. The van der Waals surface area contributed by atoms with Gasteiger partial charge in [-0.1, -0.05) is 0 Å². The van der Waals surface area contributed by atoms with E-state index in [4.69, 9.17) is 4.42 Å². The Labute approximate surface area is 143 Å². The van der Waals surface area contributed by atoms with Crippen LogP contribution < -0.4 is 10.6 Å². The molecule has 8 nitrogen and oxygen atoms in total. The summed E-state index contributed by atoms with van der Waals surface area (Å²) >= 11 is 0. The van der Waals surface area contributed by atoms with Gasteiger partial charge >= 0.3 is 0 Å². The van der Waals surface area contributed by atoms with Crippen LogP contribution in [-0.2, 0) is 0 Å². The van der Waals surface area contributed by atoms with Crippen LogP contribution in [-0.4, -0.2) is 27.0 Å². The summed E-state index contributed by atoms with van der Waals surface area (Å²) in [6, 6.07) is 7.97. The summed E-state index contributed by atoms with van der Waals surface area (Å²) in [5.74, 6) is 0.217. The highest BCUT2D eigenvalue weighted by atomic mass is 16.3. The minimum absolute atomic E-state index is 0.224. The van der Waals surface area contributed by atoms with Crippen molar-refractivity contribution >= 4 is 17.5 Å². The standard InChI is InChI=1S/C17H17N5O3/c1-10-8-12(16(23)20-11(2)15-18-9-19-22-15)5-6-13(10)21-17(24)14-4-3-7-25-14/h3-9,11H,1-2H3,(H,20,23)(H,21,24)(H,18,19,22). The Kier molecular flexibility index (Phi) is 4.60. The van der Waals surface area contributed by atoms with E-state index in [1.165, 1.54) is 12.6 Å². The number of aromatic nitrogens is 3. The predicted molar refractivity (Wildman–Crippen MR) is 90.1 cm³/mol. The van der Waals surface area contributed by atoms with Crippen molar-refractivity contribution in [2.24, 2.45) is 0 Å². The number of benzene rings is 1. The minimum Gasteiger partial charge on any atom is -0.459 e. The molecule has 3 N–H and O–H groups in total. The molecule has 1 aromatic carbocycles. The molecule has 3 aromatic rings. The number of H-pyrrole nitrogens is 1. The zero-order chi connectivity index (χ0) is 17.8. The van der Waals surface area contributed by atoms with E-state index in [1.54, 1.807) is 30.3 Å². The van der Waals surface area contributed by atoms with E-state index in [2.05, 4.69) is 25.8 Å². The summed E-state index contributed by atoms with van der Waals surface area (Å²) in [6.07, 6.45) is 2.82. The van der Waals surface area contributed by atoms with Crippen LogP contribution in [0.5, 0.6) is 0 Å². The molecule has 128 valence electrons. The average molecular weight is 339 g/mol. The molecule has 0 aliphatic carbocycles. The largest absolute Gasteiger partial charge is 0.459 e. The van der Waals surface area contributed by atoms with Crippen LogP contribution in [0.15, 0.2) is 47.3 Å². The lowest BCUT2D eigenvalue weighted by atomic mass is 10.1. The summed E-state index contributed by atoms with van der Waals surface area (Å²) < 4.78 is 5.06. The van der Waals surface area contributed by atoms with Gasteiger partial charge in [0.05, 0.1) is 12.3 Å². The van der Waals surface area contributed by atoms with Gasteiger partial charge in [0.15, 0.2) is 5.76 Å². The van der Waals surface area contributed by atoms with Gasteiger partial charge in [-0.3, -0.25) is 14.7 Å². The summed E-state index contributed by atoms with van der Waals surface area (Å²) in [7, 11) is 0. The number of nitrogens with one attached hydrogen (secondary N) is 3. The fourth-order valence-corrected chi connectivity index (χ4v) is 2.31. The maximum absolute atomic E-state index is 12.3. The Morgan fingerprint density at radius 2 is 2.08 bits per heavy atom. The quantitative estimate of drug-likeness (QED) is 0.661. The first-order valence-corrected chi connectivity index (χ1v) is 7.66. The van der Waals surface area contributed by atoms with Crippen molar-refractivity contribution in [3.8, 4) is 0 Å². The molecule has 0 spiro atoms. The summed E-state index contributed by atoms with van der Waals surface area (Å²) in [5.41, 5.74) is 1.86. The fraction of sp³-hybridized carbons (Fsp3) is 0.176. The molecule has 0 radical (unpaired) electrons. The lowest BCUT2D eigenvalue weighted by molar-refractivity contribution is 0.0937. The van der Waals surface area contributed by atoms with Crippen molar-refractivity contribution < 1.29 is 14.0 Å². The highest BCUT2D eigenvalue weighted by molar-refractivity contribution is 6.03. The second-order valence-corrected chi connectivity index (χ2v) is 5.53. The Morgan fingerprint density at radius 3 is 2.72 bits per heavy atom. The van der Waals surface area contributed by atoms with Gasteiger partial charge in [-0.05, 0) is 49.7 Å². The highest BCUT2D eigenvalue weighted by Gasteiger charge is 2.15. The number of anilines is 1. The molecule has 8 heteroatoms. The van der Waals surface area contributed by atoms with E-state index in [0.29, 0.717) is 17.1 Å². The summed E-state index contributed by atoms with van der Waals surface area (Å²) in [5, 5.41) is 12.1. The monoisotopic (exact) mass is 339 g/mol. The molecule has 2 aromatic heterocycles. The van der Waals surface area contributed by atoms with Crippen LogP contribution >= 0.6 is 0 Å². The van der Waals surface area contributed by atoms with Crippen LogP contribution in [0.2, 0.25) is 0 Å². The first-order chi connectivity index (χ1) is 12.0. The molecule has 0 bridgehead atoms. The second kappa shape index (κ2) is 7.00. The Bertz CT molecular complexity index is 872.